The lowest BCUT2D eigenvalue weighted by Gasteiger charge is -2.34. The number of benzene rings is 2. The average Bonchev–Trinajstić information content (AvgIpc) is 3.52. The number of aliphatic hydroxyl groups excluding tert-OH is 1. The molecule has 2 aliphatic rings. The maximum Gasteiger partial charge on any atom is 0.124 e. The first-order valence-corrected chi connectivity index (χ1v) is 11.7. The molecule has 1 fully saturated rings. The van der Waals surface area contributed by atoms with E-state index in [1.807, 2.05) is 47.3 Å². The van der Waals surface area contributed by atoms with E-state index in [9.17, 15) is 10.2 Å². The van der Waals surface area contributed by atoms with Crippen molar-refractivity contribution in [3.05, 3.63) is 78.0 Å². The zero-order valence-corrected chi connectivity index (χ0v) is 19.0. The summed E-state index contributed by atoms with van der Waals surface area (Å²) in [5.41, 5.74) is 3.82. The van der Waals surface area contributed by atoms with Gasteiger partial charge in [-0.1, -0.05) is 36.4 Å². The minimum absolute atomic E-state index is 0.271. The number of hydrogen-bond donors (Lipinski definition) is 2. The molecule has 0 bridgehead atoms. The zero-order chi connectivity index (χ0) is 22.8. The molecule has 6 nitrogen and oxygen atoms in total. The molecule has 1 aliphatic heterocycles. The highest BCUT2D eigenvalue weighted by molar-refractivity contribution is 5.62. The Morgan fingerprint density at radius 2 is 1.94 bits per heavy atom. The molecule has 2 N–H and O–H groups in total. The van der Waals surface area contributed by atoms with Crippen LogP contribution in [0.15, 0.2) is 72.4 Å². The smallest absolute Gasteiger partial charge is 0.124 e. The second-order valence-corrected chi connectivity index (χ2v) is 9.28. The van der Waals surface area contributed by atoms with Crippen LogP contribution in [0.2, 0.25) is 0 Å². The highest BCUT2D eigenvalue weighted by Gasteiger charge is 2.29. The third kappa shape index (κ3) is 5.03. The molecule has 0 saturated heterocycles. The van der Waals surface area contributed by atoms with Gasteiger partial charge in [-0.3, -0.25) is 4.90 Å². The van der Waals surface area contributed by atoms with Crippen molar-refractivity contribution in [1.82, 2.24) is 14.7 Å². The highest BCUT2D eigenvalue weighted by atomic mass is 16.5. The number of aromatic nitrogens is 2. The number of para-hydroxylation sites is 1. The molecule has 3 aromatic rings. The summed E-state index contributed by atoms with van der Waals surface area (Å²) in [7, 11) is 0. The van der Waals surface area contributed by atoms with Gasteiger partial charge in [-0.2, -0.15) is 5.10 Å². The lowest BCUT2D eigenvalue weighted by molar-refractivity contribution is 0.0247. The van der Waals surface area contributed by atoms with Crippen molar-refractivity contribution >= 4 is 0 Å². The van der Waals surface area contributed by atoms with E-state index in [0.29, 0.717) is 12.6 Å². The molecular weight excluding hydrogens is 414 g/mol. The quantitative estimate of drug-likeness (QED) is 0.514. The minimum atomic E-state index is -1.17. The Hall–Kier alpha value is -2.93. The summed E-state index contributed by atoms with van der Waals surface area (Å²) >= 11 is 0. The molecule has 0 unspecified atom stereocenters. The Bertz CT molecular complexity index is 1130. The first kappa shape index (κ1) is 21.9. The summed E-state index contributed by atoms with van der Waals surface area (Å²) in [5, 5.41) is 24.8. The van der Waals surface area contributed by atoms with E-state index >= 15 is 0 Å². The Morgan fingerprint density at radius 3 is 2.70 bits per heavy atom. The number of ether oxygens (including phenoxy) is 1. The molecule has 1 atom stereocenters. The van der Waals surface area contributed by atoms with Gasteiger partial charge in [0.05, 0.1) is 24.1 Å². The number of nitrogens with zero attached hydrogens (tertiary/aromatic N) is 3. The molecule has 33 heavy (non-hydrogen) atoms. The van der Waals surface area contributed by atoms with E-state index in [0.717, 1.165) is 66.2 Å². The third-order valence-electron chi connectivity index (χ3n) is 6.41. The van der Waals surface area contributed by atoms with E-state index < -0.39 is 5.60 Å². The van der Waals surface area contributed by atoms with E-state index in [1.54, 1.807) is 6.92 Å². The zero-order valence-electron chi connectivity index (χ0n) is 19.0. The molecular formula is C27H31N3O3. The predicted octanol–water partition coefficient (Wildman–Crippen LogP) is 3.96. The summed E-state index contributed by atoms with van der Waals surface area (Å²) in [5.74, 6) is 0.911. The largest absolute Gasteiger partial charge is 0.490 e. The molecule has 0 spiro atoms. The van der Waals surface area contributed by atoms with Crippen LogP contribution in [0, 0.1) is 0 Å². The first-order valence-electron chi connectivity index (χ1n) is 11.7. The van der Waals surface area contributed by atoms with Gasteiger partial charge in [-0.15, -0.1) is 0 Å². The van der Waals surface area contributed by atoms with Crippen molar-refractivity contribution in [3.63, 3.8) is 0 Å². The summed E-state index contributed by atoms with van der Waals surface area (Å²) in [4.78, 5) is 2.30. The molecule has 1 saturated carbocycles. The van der Waals surface area contributed by atoms with Crippen LogP contribution in [-0.4, -0.2) is 56.3 Å². The summed E-state index contributed by atoms with van der Waals surface area (Å²) in [6.07, 6.45) is 7.40. The van der Waals surface area contributed by atoms with Crippen LogP contribution in [0.1, 0.15) is 31.7 Å². The SMILES string of the molecule is C[C@@](O)(CO)C1=CCCN(Cc2ccc(-c3ccn(-c4ccccc4)n3)cc2OC2CC2)C1. The third-order valence-corrected chi connectivity index (χ3v) is 6.41. The van der Waals surface area contributed by atoms with Crippen LogP contribution in [-0.2, 0) is 6.54 Å². The van der Waals surface area contributed by atoms with Gasteiger partial charge in [0, 0.05) is 37.0 Å². The van der Waals surface area contributed by atoms with E-state index in [-0.39, 0.29) is 6.61 Å². The van der Waals surface area contributed by atoms with Gasteiger partial charge >= 0.3 is 0 Å². The molecule has 1 aliphatic carbocycles. The Balaban J connectivity index is 1.37. The summed E-state index contributed by atoms with van der Waals surface area (Å²) in [6.45, 7) is 3.69. The summed E-state index contributed by atoms with van der Waals surface area (Å²) < 4.78 is 8.19. The molecule has 5 rings (SSSR count). The van der Waals surface area contributed by atoms with E-state index in [1.165, 1.54) is 0 Å². The van der Waals surface area contributed by atoms with E-state index in [4.69, 9.17) is 9.84 Å². The first-order chi connectivity index (χ1) is 16.0. The second-order valence-electron chi connectivity index (χ2n) is 9.28. The Morgan fingerprint density at radius 1 is 1.12 bits per heavy atom. The molecule has 6 heteroatoms. The lowest BCUT2D eigenvalue weighted by atomic mass is 9.92. The van der Waals surface area contributed by atoms with Gasteiger partial charge in [0.15, 0.2) is 0 Å². The van der Waals surface area contributed by atoms with Gasteiger partial charge in [0.25, 0.3) is 0 Å². The Kier molecular flexibility index (Phi) is 6.06. The van der Waals surface area contributed by atoms with Crippen LogP contribution < -0.4 is 4.74 Å². The Labute approximate surface area is 194 Å². The van der Waals surface area contributed by atoms with Crippen molar-refractivity contribution < 1.29 is 14.9 Å². The monoisotopic (exact) mass is 445 g/mol. The average molecular weight is 446 g/mol. The van der Waals surface area contributed by atoms with Crippen molar-refractivity contribution in [2.75, 3.05) is 19.7 Å². The van der Waals surface area contributed by atoms with Crippen molar-refractivity contribution in [1.29, 1.82) is 0 Å². The van der Waals surface area contributed by atoms with Gasteiger partial charge < -0.3 is 14.9 Å². The minimum Gasteiger partial charge on any atom is -0.490 e. The van der Waals surface area contributed by atoms with Crippen molar-refractivity contribution in [3.8, 4) is 22.7 Å². The van der Waals surface area contributed by atoms with Crippen LogP contribution >= 0.6 is 0 Å². The predicted molar refractivity (Wildman–Crippen MR) is 128 cm³/mol. The van der Waals surface area contributed by atoms with Crippen molar-refractivity contribution in [2.45, 2.75) is 44.4 Å². The molecule has 172 valence electrons. The lowest BCUT2D eigenvalue weighted by Crippen LogP contribution is -2.40. The van der Waals surface area contributed by atoms with E-state index in [2.05, 4.69) is 29.2 Å². The number of aliphatic hydroxyl groups is 2. The van der Waals surface area contributed by atoms with Gasteiger partial charge in [-0.25, -0.2) is 4.68 Å². The van der Waals surface area contributed by atoms with Crippen LogP contribution in [0.5, 0.6) is 5.75 Å². The normalized spacial score (nSPS) is 18.6. The molecule has 1 aromatic heterocycles. The van der Waals surface area contributed by atoms with Crippen LogP contribution in [0.4, 0.5) is 0 Å². The fourth-order valence-electron chi connectivity index (χ4n) is 4.20. The van der Waals surface area contributed by atoms with Gasteiger partial charge in [0.2, 0.25) is 0 Å². The summed E-state index contributed by atoms with van der Waals surface area (Å²) in [6, 6.07) is 18.5. The highest BCUT2D eigenvalue weighted by Crippen LogP contribution is 2.34. The molecule has 2 heterocycles. The van der Waals surface area contributed by atoms with Gasteiger partial charge in [0.1, 0.15) is 11.4 Å². The number of hydrogen-bond acceptors (Lipinski definition) is 5. The number of rotatable bonds is 8. The standard InChI is InChI=1S/C27H31N3O3/c1-27(32,19-31)22-6-5-14-29(18-22)17-21-10-9-20(16-26(21)33-24-11-12-24)25-13-15-30(28-25)23-7-3-2-4-8-23/h2-4,6-10,13,15-16,24,31-32H,5,11-12,14,17-19H2,1H3/t27-/m1/s1. The fraction of sp³-hybridized carbons (Fsp3) is 0.370. The molecule has 2 aromatic carbocycles. The van der Waals surface area contributed by atoms with Crippen molar-refractivity contribution in [2.24, 2.45) is 0 Å². The fourth-order valence-corrected chi connectivity index (χ4v) is 4.20. The maximum atomic E-state index is 10.5. The maximum absolute atomic E-state index is 10.5. The van der Waals surface area contributed by atoms with Crippen LogP contribution in [0.3, 0.4) is 0 Å². The molecule has 0 radical (unpaired) electrons. The molecule has 0 amide bonds. The topological polar surface area (TPSA) is 70.8 Å². The van der Waals surface area contributed by atoms with Gasteiger partial charge in [-0.05, 0) is 56.0 Å². The second kappa shape index (κ2) is 9.14. The van der Waals surface area contributed by atoms with Crippen LogP contribution in [0.25, 0.3) is 16.9 Å².